The Balaban J connectivity index is 1.82. The molecule has 1 amide bonds. The highest BCUT2D eigenvalue weighted by Crippen LogP contribution is 2.18. The molecule has 132 valence electrons. The zero-order valence-corrected chi connectivity index (χ0v) is 14.3. The summed E-state index contributed by atoms with van der Waals surface area (Å²) in [5, 5.41) is 6.75. The molecule has 0 spiro atoms. The molecule has 1 N–H and O–H groups in total. The van der Waals surface area contributed by atoms with Crippen molar-refractivity contribution in [3.63, 3.8) is 0 Å². The molecule has 3 rings (SSSR count). The lowest BCUT2D eigenvalue weighted by atomic mass is 10.2. The van der Waals surface area contributed by atoms with Crippen LogP contribution in [0.1, 0.15) is 18.5 Å². The normalized spacial score (nSPS) is 11.8. The van der Waals surface area contributed by atoms with Crippen LogP contribution in [0.2, 0.25) is 0 Å². The predicted octanol–water partition coefficient (Wildman–Crippen LogP) is 2.95. The van der Waals surface area contributed by atoms with E-state index in [0.717, 1.165) is 10.2 Å². The molecule has 0 aliphatic rings. The minimum absolute atomic E-state index is 0.382. The van der Waals surface area contributed by atoms with Crippen molar-refractivity contribution in [3.8, 4) is 11.3 Å². The van der Waals surface area contributed by atoms with Gasteiger partial charge in [-0.2, -0.15) is 10.1 Å². The van der Waals surface area contributed by atoms with Crippen LogP contribution in [0, 0.1) is 12.7 Å². The fourth-order valence-electron chi connectivity index (χ4n) is 2.48. The first-order chi connectivity index (χ1) is 12.5. The predicted molar refractivity (Wildman–Crippen MR) is 96.2 cm³/mol. The lowest BCUT2D eigenvalue weighted by Crippen LogP contribution is -2.35. The first-order valence-electron chi connectivity index (χ1n) is 8.04. The zero-order valence-electron chi connectivity index (χ0n) is 14.3. The zero-order chi connectivity index (χ0) is 18.7. The summed E-state index contributed by atoms with van der Waals surface area (Å²) in [5.74, 6) is -0.823. The van der Waals surface area contributed by atoms with Gasteiger partial charge in [0.15, 0.2) is 0 Å². The standard InChI is InChI=1S/C19H17FN4O2/c1-12-10-15(20)8-9-16(12)22-18(25)13(2)24-19(26)23-17(11-21-24)14-6-4-3-5-7-14/h3-11,13H,1-2H3,(H,22,25)/t13-/m1/s1. The number of benzene rings is 2. The van der Waals surface area contributed by atoms with Gasteiger partial charge in [0.1, 0.15) is 11.9 Å². The number of nitrogens with one attached hydrogen (secondary N) is 1. The largest absolute Gasteiger partial charge is 0.365 e. The summed E-state index contributed by atoms with van der Waals surface area (Å²) in [5.41, 5.74) is 1.65. The van der Waals surface area contributed by atoms with E-state index < -0.39 is 17.6 Å². The number of rotatable bonds is 4. The van der Waals surface area contributed by atoms with Gasteiger partial charge in [-0.25, -0.2) is 13.9 Å². The number of hydrogen-bond donors (Lipinski definition) is 1. The topological polar surface area (TPSA) is 76.9 Å². The number of hydrogen-bond acceptors (Lipinski definition) is 4. The van der Waals surface area contributed by atoms with Crippen LogP contribution in [0.5, 0.6) is 0 Å². The maximum absolute atomic E-state index is 13.2. The summed E-state index contributed by atoms with van der Waals surface area (Å²) in [6, 6.07) is 12.4. The van der Waals surface area contributed by atoms with Gasteiger partial charge < -0.3 is 5.32 Å². The van der Waals surface area contributed by atoms with Crippen molar-refractivity contribution in [3.05, 3.63) is 76.6 Å². The maximum atomic E-state index is 13.2. The Bertz CT molecular complexity index is 1000. The van der Waals surface area contributed by atoms with E-state index in [-0.39, 0.29) is 5.82 Å². The van der Waals surface area contributed by atoms with Gasteiger partial charge in [-0.15, -0.1) is 0 Å². The Hall–Kier alpha value is -3.35. The number of amides is 1. The summed E-state index contributed by atoms with van der Waals surface area (Å²) in [7, 11) is 0. The second-order valence-corrected chi connectivity index (χ2v) is 5.86. The van der Waals surface area contributed by atoms with Crippen molar-refractivity contribution in [2.75, 3.05) is 5.32 Å². The van der Waals surface area contributed by atoms with E-state index >= 15 is 0 Å². The van der Waals surface area contributed by atoms with E-state index in [0.29, 0.717) is 16.9 Å². The van der Waals surface area contributed by atoms with Crippen LogP contribution in [-0.4, -0.2) is 20.7 Å². The Kier molecular flexibility index (Phi) is 4.88. The number of carbonyl (C=O) groups is 1. The molecule has 0 radical (unpaired) electrons. The summed E-state index contributed by atoms with van der Waals surface area (Å²) < 4.78 is 14.2. The van der Waals surface area contributed by atoms with Gasteiger partial charge >= 0.3 is 5.69 Å². The molecule has 1 heterocycles. The Labute approximate surface area is 149 Å². The lowest BCUT2D eigenvalue weighted by molar-refractivity contribution is -0.119. The minimum atomic E-state index is -0.871. The highest BCUT2D eigenvalue weighted by molar-refractivity contribution is 5.94. The molecule has 6 nitrogen and oxygen atoms in total. The Morgan fingerprint density at radius 2 is 1.92 bits per heavy atom. The van der Waals surface area contributed by atoms with Crippen molar-refractivity contribution in [2.24, 2.45) is 0 Å². The van der Waals surface area contributed by atoms with Gasteiger partial charge in [-0.3, -0.25) is 4.79 Å². The van der Waals surface area contributed by atoms with E-state index in [4.69, 9.17) is 0 Å². The van der Waals surface area contributed by atoms with Crippen LogP contribution in [0.4, 0.5) is 10.1 Å². The number of carbonyl (C=O) groups excluding carboxylic acids is 1. The molecule has 0 bridgehead atoms. The lowest BCUT2D eigenvalue weighted by Gasteiger charge is -2.15. The number of aryl methyl sites for hydroxylation is 1. The summed E-state index contributed by atoms with van der Waals surface area (Å²) in [6.07, 6.45) is 1.45. The molecule has 0 unspecified atom stereocenters. The maximum Gasteiger partial charge on any atom is 0.365 e. The van der Waals surface area contributed by atoms with E-state index in [1.54, 1.807) is 13.8 Å². The average Bonchev–Trinajstić information content (AvgIpc) is 2.64. The van der Waals surface area contributed by atoms with Crippen molar-refractivity contribution in [1.82, 2.24) is 14.8 Å². The second kappa shape index (κ2) is 7.26. The monoisotopic (exact) mass is 352 g/mol. The average molecular weight is 352 g/mol. The van der Waals surface area contributed by atoms with Crippen LogP contribution in [0.15, 0.2) is 59.5 Å². The van der Waals surface area contributed by atoms with Gasteiger partial charge in [-0.1, -0.05) is 30.3 Å². The van der Waals surface area contributed by atoms with Crippen molar-refractivity contribution in [1.29, 1.82) is 0 Å². The second-order valence-electron chi connectivity index (χ2n) is 5.86. The van der Waals surface area contributed by atoms with Gasteiger partial charge in [0.05, 0.1) is 11.9 Å². The molecule has 0 fully saturated rings. The van der Waals surface area contributed by atoms with E-state index in [9.17, 15) is 14.0 Å². The molecule has 0 saturated heterocycles. The van der Waals surface area contributed by atoms with Crippen molar-refractivity contribution < 1.29 is 9.18 Å². The van der Waals surface area contributed by atoms with Crippen LogP contribution >= 0.6 is 0 Å². The van der Waals surface area contributed by atoms with Crippen LogP contribution < -0.4 is 11.0 Å². The molecular weight excluding hydrogens is 335 g/mol. The summed E-state index contributed by atoms with van der Waals surface area (Å²) in [6.45, 7) is 3.23. The van der Waals surface area contributed by atoms with Gasteiger partial charge in [0.25, 0.3) is 0 Å². The Morgan fingerprint density at radius 1 is 1.19 bits per heavy atom. The number of aromatic nitrogens is 3. The van der Waals surface area contributed by atoms with Crippen molar-refractivity contribution in [2.45, 2.75) is 19.9 Å². The molecule has 0 aliphatic carbocycles. The molecule has 2 aromatic carbocycles. The van der Waals surface area contributed by atoms with Gasteiger partial charge in [0, 0.05) is 11.3 Å². The van der Waals surface area contributed by atoms with Gasteiger partial charge in [-0.05, 0) is 37.6 Å². The molecule has 26 heavy (non-hydrogen) atoms. The van der Waals surface area contributed by atoms with Crippen LogP contribution in [0.25, 0.3) is 11.3 Å². The molecule has 0 aliphatic heterocycles. The van der Waals surface area contributed by atoms with E-state index in [1.807, 2.05) is 30.3 Å². The molecular formula is C19H17FN4O2. The number of halogens is 1. The third-order valence-electron chi connectivity index (χ3n) is 3.98. The summed E-state index contributed by atoms with van der Waals surface area (Å²) >= 11 is 0. The van der Waals surface area contributed by atoms with Crippen LogP contribution in [-0.2, 0) is 4.79 Å². The minimum Gasteiger partial charge on any atom is -0.324 e. The fraction of sp³-hybridized carbons (Fsp3) is 0.158. The smallest absolute Gasteiger partial charge is 0.324 e. The highest BCUT2D eigenvalue weighted by Gasteiger charge is 2.19. The number of nitrogens with zero attached hydrogens (tertiary/aromatic N) is 3. The van der Waals surface area contributed by atoms with Crippen LogP contribution in [0.3, 0.4) is 0 Å². The quantitative estimate of drug-likeness (QED) is 0.783. The SMILES string of the molecule is Cc1cc(F)ccc1NC(=O)[C@@H](C)n1ncc(-c2ccccc2)nc1=O. The number of anilines is 1. The van der Waals surface area contributed by atoms with Gasteiger partial charge in [0.2, 0.25) is 5.91 Å². The van der Waals surface area contributed by atoms with E-state index in [1.165, 1.54) is 24.4 Å². The first-order valence-corrected chi connectivity index (χ1v) is 8.04. The fourth-order valence-corrected chi connectivity index (χ4v) is 2.48. The summed E-state index contributed by atoms with van der Waals surface area (Å²) in [4.78, 5) is 28.7. The molecule has 1 atom stereocenters. The van der Waals surface area contributed by atoms with E-state index in [2.05, 4.69) is 15.4 Å². The van der Waals surface area contributed by atoms with Crippen molar-refractivity contribution >= 4 is 11.6 Å². The molecule has 3 aromatic rings. The first kappa shape index (κ1) is 17.5. The highest BCUT2D eigenvalue weighted by atomic mass is 19.1. The molecule has 7 heteroatoms. The molecule has 0 saturated carbocycles. The third-order valence-corrected chi connectivity index (χ3v) is 3.98. The molecule has 1 aromatic heterocycles. The third kappa shape index (κ3) is 3.66. The Morgan fingerprint density at radius 3 is 2.58 bits per heavy atom.